The van der Waals surface area contributed by atoms with Crippen LogP contribution >= 0.6 is 0 Å². The highest BCUT2D eigenvalue weighted by Crippen LogP contribution is 2.47. The summed E-state index contributed by atoms with van der Waals surface area (Å²) in [6.45, 7) is -0.344. The summed E-state index contributed by atoms with van der Waals surface area (Å²) in [5.41, 5.74) is 1.68. The summed E-state index contributed by atoms with van der Waals surface area (Å²) in [7, 11) is -2.61. The van der Waals surface area contributed by atoms with Gasteiger partial charge in [-0.15, -0.1) is 0 Å². The van der Waals surface area contributed by atoms with Gasteiger partial charge in [-0.2, -0.15) is 8.42 Å². The van der Waals surface area contributed by atoms with Crippen LogP contribution in [0.3, 0.4) is 0 Å². The van der Waals surface area contributed by atoms with E-state index in [1.54, 1.807) is 30.3 Å². The highest BCUT2D eigenvalue weighted by atomic mass is 32.2. The lowest BCUT2D eigenvalue weighted by atomic mass is 9.93. The second-order valence-corrected chi connectivity index (χ2v) is 8.68. The number of fused-ring (bicyclic) bond motifs is 4. The summed E-state index contributed by atoms with van der Waals surface area (Å²) in [5.74, 6) is 1.27. The SMILES string of the molecule is COC(=O)c1nc2ccc3c(c2c(-c2ccc4c(c2)OCO4)c1COS(C)(=O)=O)OCO3. The fraction of sp³-hybridized carbons (Fsp3) is 0.238. The number of hydrogen-bond acceptors (Lipinski definition) is 10. The summed E-state index contributed by atoms with van der Waals surface area (Å²) >= 11 is 0. The average Bonchev–Trinajstić information content (AvgIpc) is 3.44. The van der Waals surface area contributed by atoms with Gasteiger partial charge in [0.25, 0.3) is 10.1 Å². The van der Waals surface area contributed by atoms with Crippen molar-refractivity contribution in [2.24, 2.45) is 0 Å². The van der Waals surface area contributed by atoms with Crippen molar-refractivity contribution in [2.75, 3.05) is 27.0 Å². The highest BCUT2D eigenvalue weighted by molar-refractivity contribution is 7.85. The van der Waals surface area contributed by atoms with E-state index in [9.17, 15) is 13.2 Å². The molecular formula is C21H17NO9S. The normalized spacial score (nSPS) is 14.1. The van der Waals surface area contributed by atoms with Gasteiger partial charge in [-0.1, -0.05) is 6.07 Å². The van der Waals surface area contributed by atoms with Crippen LogP contribution in [0.5, 0.6) is 23.0 Å². The minimum Gasteiger partial charge on any atom is -0.464 e. The minimum absolute atomic E-state index is 0.0168. The molecule has 3 aromatic rings. The van der Waals surface area contributed by atoms with Crippen LogP contribution in [0.1, 0.15) is 16.1 Å². The van der Waals surface area contributed by atoms with E-state index in [0.717, 1.165) is 6.26 Å². The maximum absolute atomic E-state index is 12.6. The molecule has 2 aliphatic rings. The molecule has 0 atom stereocenters. The molecule has 0 bridgehead atoms. The third kappa shape index (κ3) is 3.45. The Kier molecular flexibility index (Phi) is 4.79. The zero-order chi connectivity index (χ0) is 22.5. The van der Waals surface area contributed by atoms with Gasteiger partial charge < -0.3 is 23.7 Å². The number of ether oxygens (including phenoxy) is 5. The molecule has 32 heavy (non-hydrogen) atoms. The molecule has 3 heterocycles. The number of pyridine rings is 1. The quantitative estimate of drug-likeness (QED) is 0.416. The van der Waals surface area contributed by atoms with Crippen molar-refractivity contribution >= 4 is 27.0 Å². The molecule has 0 fully saturated rings. The van der Waals surface area contributed by atoms with Crippen LogP contribution in [0, 0.1) is 0 Å². The van der Waals surface area contributed by atoms with E-state index >= 15 is 0 Å². The van der Waals surface area contributed by atoms with Gasteiger partial charge in [-0.25, -0.2) is 9.78 Å². The lowest BCUT2D eigenvalue weighted by molar-refractivity contribution is 0.0591. The van der Waals surface area contributed by atoms with Gasteiger partial charge in [0, 0.05) is 11.1 Å². The standard InChI is InChI=1S/C21H17NO9S/c1-26-21(23)19-12(8-31-32(2,24)25)17(11-3-5-14-16(7-11)29-9-27-14)18-13(22-19)4-6-15-20(18)30-10-28-15/h3-7H,8-10H2,1-2H3. The summed E-state index contributed by atoms with van der Waals surface area (Å²) in [6, 6.07) is 8.60. The van der Waals surface area contributed by atoms with Crippen molar-refractivity contribution in [2.45, 2.75) is 6.61 Å². The lowest BCUT2D eigenvalue weighted by Crippen LogP contribution is -2.13. The summed E-state index contributed by atoms with van der Waals surface area (Å²) in [4.78, 5) is 17.1. The Morgan fingerprint density at radius 1 is 1.03 bits per heavy atom. The Bertz CT molecular complexity index is 1370. The van der Waals surface area contributed by atoms with Gasteiger partial charge >= 0.3 is 5.97 Å². The number of esters is 1. The molecule has 0 N–H and O–H groups in total. The van der Waals surface area contributed by atoms with Crippen molar-refractivity contribution in [3.8, 4) is 34.1 Å². The molecule has 166 valence electrons. The molecule has 2 aliphatic heterocycles. The molecule has 0 aliphatic carbocycles. The van der Waals surface area contributed by atoms with E-state index in [4.69, 9.17) is 27.9 Å². The Balaban J connectivity index is 1.86. The number of hydrogen-bond donors (Lipinski definition) is 0. The summed E-state index contributed by atoms with van der Waals surface area (Å²) < 4.78 is 55.6. The summed E-state index contributed by atoms with van der Waals surface area (Å²) in [6.07, 6.45) is 0.925. The van der Waals surface area contributed by atoms with Gasteiger partial charge in [0.15, 0.2) is 28.7 Å². The number of methoxy groups -OCH3 is 1. The highest BCUT2D eigenvalue weighted by Gasteiger charge is 2.29. The predicted octanol–water partition coefficient (Wildman–Crippen LogP) is 2.62. The molecule has 0 amide bonds. The molecular weight excluding hydrogens is 442 g/mol. The summed E-state index contributed by atoms with van der Waals surface area (Å²) in [5, 5.41) is 0.540. The Morgan fingerprint density at radius 2 is 1.75 bits per heavy atom. The Labute approximate surface area is 182 Å². The first kappa shape index (κ1) is 20.3. The van der Waals surface area contributed by atoms with Gasteiger partial charge in [-0.05, 0) is 29.8 Å². The molecule has 1 aromatic heterocycles. The van der Waals surface area contributed by atoms with E-state index < -0.39 is 22.7 Å². The predicted molar refractivity (Wildman–Crippen MR) is 110 cm³/mol. The smallest absolute Gasteiger partial charge is 0.357 e. The first-order valence-electron chi connectivity index (χ1n) is 9.43. The topological polar surface area (TPSA) is 119 Å². The third-order valence-corrected chi connectivity index (χ3v) is 5.59. The van der Waals surface area contributed by atoms with E-state index in [-0.39, 0.29) is 24.8 Å². The minimum atomic E-state index is -3.83. The fourth-order valence-corrected chi connectivity index (χ4v) is 4.03. The van der Waals surface area contributed by atoms with Gasteiger partial charge in [0.05, 0.1) is 30.9 Å². The van der Waals surface area contributed by atoms with Crippen LogP contribution in [0.25, 0.3) is 22.0 Å². The van der Waals surface area contributed by atoms with Gasteiger partial charge in [0.1, 0.15) is 0 Å². The molecule has 0 spiro atoms. The number of benzene rings is 2. The molecule has 2 aromatic carbocycles. The molecule has 0 radical (unpaired) electrons. The molecule has 10 nitrogen and oxygen atoms in total. The zero-order valence-corrected chi connectivity index (χ0v) is 17.9. The molecule has 0 unspecified atom stereocenters. The maximum atomic E-state index is 12.6. The molecule has 0 saturated carbocycles. The first-order chi connectivity index (χ1) is 15.4. The van der Waals surface area contributed by atoms with Crippen molar-refractivity contribution in [3.63, 3.8) is 0 Å². The van der Waals surface area contributed by atoms with Gasteiger partial charge in [0.2, 0.25) is 13.6 Å². The van der Waals surface area contributed by atoms with Crippen LogP contribution in [0.15, 0.2) is 30.3 Å². The Morgan fingerprint density at radius 3 is 2.53 bits per heavy atom. The second-order valence-electron chi connectivity index (χ2n) is 7.03. The maximum Gasteiger partial charge on any atom is 0.357 e. The number of nitrogens with zero attached hydrogens (tertiary/aromatic N) is 1. The number of rotatable bonds is 5. The number of carbonyl (C=O) groups is 1. The second kappa shape index (κ2) is 7.53. The van der Waals surface area contributed by atoms with Crippen molar-refractivity contribution < 1.29 is 41.1 Å². The Hall–Kier alpha value is -3.57. The van der Waals surface area contributed by atoms with Gasteiger partial charge in [-0.3, -0.25) is 4.18 Å². The fourth-order valence-electron chi connectivity index (χ4n) is 3.70. The molecule has 5 rings (SSSR count). The van der Waals surface area contributed by atoms with Crippen molar-refractivity contribution in [1.82, 2.24) is 4.98 Å². The third-order valence-electron chi connectivity index (χ3n) is 5.04. The van der Waals surface area contributed by atoms with Crippen LogP contribution in [-0.2, 0) is 25.6 Å². The van der Waals surface area contributed by atoms with E-state index in [1.807, 2.05) is 0 Å². The number of carbonyl (C=O) groups excluding carboxylic acids is 1. The largest absolute Gasteiger partial charge is 0.464 e. The van der Waals surface area contributed by atoms with Crippen molar-refractivity contribution in [1.29, 1.82) is 0 Å². The molecule has 11 heteroatoms. The first-order valence-corrected chi connectivity index (χ1v) is 11.3. The van der Waals surface area contributed by atoms with Crippen LogP contribution in [-0.4, -0.2) is 46.3 Å². The monoisotopic (exact) mass is 459 g/mol. The van der Waals surface area contributed by atoms with E-state index in [0.29, 0.717) is 45.0 Å². The molecule has 0 saturated heterocycles. The van der Waals surface area contributed by atoms with Crippen LogP contribution in [0.2, 0.25) is 0 Å². The van der Waals surface area contributed by atoms with Crippen LogP contribution < -0.4 is 18.9 Å². The zero-order valence-electron chi connectivity index (χ0n) is 17.0. The van der Waals surface area contributed by atoms with Crippen LogP contribution in [0.4, 0.5) is 0 Å². The van der Waals surface area contributed by atoms with Crippen molar-refractivity contribution in [3.05, 3.63) is 41.6 Å². The number of aromatic nitrogens is 1. The van der Waals surface area contributed by atoms with E-state index in [2.05, 4.69) is 4.98 Å². The average molecular weight is 459 g/mol. The van der Waals surface area contributed by atoms with E-state index in [1.165, 1.54) is 7.11 Å². The lowest BCUT2D eigenvalue weighted by Gasteiger charge is -2.17.